The molecule has 1 saturated heterocycles. The van der Waals surface area contributed by atoms with Crippen LogP contribution in [0.5, 0.6) is 0 Å². The van der Waals surface area contributed by atoms with Crippen molar-refractivity contribution in [2.24, 2.45) is 0 Å². The minimum absolute atomic E-state index is 0.0164. The number of hydrogen-bond donors (Lipinski definition) is 2. The Morgan fingerprint density at radius 2 is 2.07 bits per heavy atom. The van der Waals surface area contributed by atoms with E-state index in [0.29, 0.717) is 6.04 Å². The van der Waals surface area contributed by atoms with Crippen LogP contribution < -0.4 is 10.6 Å². The molecule has 0 radical (unpaired) electrons. The number of amides is 1. The fourth-order valence-electron chi connectivity index (χ4n) is 2.06. The Morgan fingerprint density at radius 3 is 2.53 bits per heavy atom. The Kier molecular flexibility index (Phi) is 5.05. The highest BCUT2D eigenvalue weighted by Gasteiger charge is 2.25. The molecule has 1 aliphatic heterocycles. The lowest BCUT2D eigenvalue weighted by molar-refractivity contribution is -0.126. The quantitative estimate of drug-likeness (QED) is 0.701. The van der Waals surface area contributed by atoms with Crippen LogP contribution in [0.4, 0.5) is 0 Å². The van der Waals surface area contributed by atoms with Gasteiger partial charge >= 0.3 is 0 Å². The molecule has 0 aliphatic carbocycles. The third-order valence-corrected chi connectivity index (χ3v) is 3.22. The van der Waals surface area contributed by atoms with Gasteiger partial charge < -0.3 is 10.6 Å². The van der Waals surface area contributed by atoms with Crippen molar-refractivity contribution in [2.75, 3.05) is 26.7 Å². The summed E-state index contributed by atoms with van der Waals surface area (Å²) >= 11 is 0. The number of piperidine rings is 1. The van der Waals surface area contributed by atoms with Gasteiger partial charge in [-0.15, -0.1) is 0 Å². The Labute approximate surface area is 92.4 Å². The molecule has 2 N–H and O–H groups in total. The second-order valence-corrected chi connectivity index (χ2v) is 4.17. The Bertz CT molecular complexity index is 200. The monoisotopic (exact) mass is 213 g/mol. The summed E-state index contributed by atoms with van der Waals surface area (Å²) in [6.07, 6.45) is 2.28. The van der Waals surface area contributed by atoms with Crippen molar-refractivity contribution in [2.45, 2.75) is 38.8 Å². The number of likely N-dealkylation sites (tertiary alicyclic amines) is 1. The molecular weight excluding hydrogens is 190 g/mol. The minimum Gasteiger partial charge on any atom is -0.355 e. The number of rotatable bonds is 4. The van der Waals surface area contributed by atoms with Gasteiger partial charge in [-0.25, -0.2) is 0 Å². The van der Waals surface area contributed by atoms with E-state index in [1.54, 1.807) is 0 Å². The Morgan fingerprint density at radius 1 is 1.47 bits per heavy atom. The standard InChI is InChI=1S/C11H23N3O/c1-4-13-11(15)9(2)14-7-5-10(12-3)6-8-14/h9-10,12H,4-8H2,1-3H3,(H,13,15). The second-order valence-electron chi connectivity index (χ2n) is 4.17. The van der Waals surface area contributed by atoms with Gasteiger partial charge in [-0.3, -0.25) is 9.69 Å². The first kappa shape index (κ1) is 12.5. The zero-order valence-electron chi connectivity index (χ0n) is 10.0. The zero-order chi connectivity index (χ0) is 11.3. The van der Waals surface area contributed by atoms with E-state index in [-0.39, 0.29) is 11.9 Å². The van der Waals surface area contributed by atoms with Crippen molar-refractivity contribution in [3.8, 4) is 0 Å². The topological polar surface area (TPSA) is 44.4 Å². The van der Waals surface area contributed by atoms with Gasteiger partial charge in [0.25, 0.3) is 0 Å². The van der Waals surface area contributed by atoms with E-state index < -0.39 is 0 Å². The van der Waals surface area contributed by atoms with Gasteiger partial charge in [0.2, 0.25) is 5.91 Å². The zero-order valence-corrected chi connectivity index (χ0v) is 10.0. The molecule has 1 unspecified atom stereocenters. The summed E-state index contributed by atoms with van der Waals surface area (Å²) in [6, 6.07) is 0.644. The minimum atomic E-state index is 0.0164. The molecule has 88 valence electrons. The molecule has 1 rings (SSSR count). The summed E-state index contributed by atoms with van der Waals surface area (Å²) in [5.74, 6) is 0.153. The number of carbonyl (C=O) groups excluding carboxylic acids is 1. The van der Waals surface area contributed by atoms with Gasteiger partial charge in [0.1, 0.15) is 0 Å². The molecule has 1 amide bonds. The third kappa shape index (κ3) is 3.47. The second kappa shape index (κ2) is 6.08. The molecule has 0 saturated carbocycles. The summed E-state index contributed by atoms with van der Waals surface area (Å²) in [5.41, 5.74) is 0. The van der Waals surface area contributed by atoms with Crippen molar-refractivity contribution < 1.29 is 4.79 Å². The first-order valence-electron chi connectivity index (χ1n) is 5.88. The van der Waals surface area contributed by atoms with Crippen molar-refractivity contribution in [3.63, 3.8) is 0 Å². The molecule has 1 atom stereocenters. The molecule has 4 nitrogen and oxygen atoms in total. The lowest BCUT2D eigenvalue weighted by atomic mass is 10.0. The molecule has 1 aliphatic rings. The molecule has 0 aromatic heterocycles. The predicted octanol–water partition coefficient (Wildman–Crippen LogP) is 0.195. The van der Waals surface area contributed by atoms with Crippen LogP contribution in [-0.4, -0.2) is 49.6 Å². The molecule has 1 heterocycles. The number of nitrogens with zero attached hydrogens (tertiary/aromatic N) is 1. The van der Waals surface area contributed by atoms with Crippen LogP contribution >= 0.6 is 0 Å². The molecular formula is C11H23N3O. The summed E-state index contributed by atoms with van der Waals surface area (Å²) in [4.78, 5) is 13.9. The first-order chi connectivity index (χ1) is 7.19. The molecule has 0 aromatic rings. The summed E-state index contributed by atoms with van der Waals surface area (Å²) in [5, 5.41) is 6.16. The molecule has 15 heavy (non-hydrogen) atoms. The lowest BCUT2D eigenvalue weighted by Crippen LogP contribution is -2.50. The maximum atomic E-state index is 11.6. The average molecular weight is 213 g/mol. The van der Waals surface area contributed by atoms with Gasteiger partial charge in [-0.1, -0.05) is 0 Å². The van der Waals surface area contributed by atoms with E-state index in [9.17, 15) is 4.79 Å². The van der Waals surface area contributed by atoms with E-state index in [1.807, 2.05) is 20.9 Å². The van der Waals surface area contributed by atoms with Crippen molar-refractivity contribution >= 4 is 5.91 Å². The summed E-state index contributed by atoms with van der Waals surface area (Å²) in [6.45, 7) is 6.70. The van der Waals surface area contributed by atoms with Gasteiger partial charge in [0.15, 0.2) is 0 Å². The van der Waals surface area contributed by atoms with Crippen LogP contribution in [0.15, 0.2) is 0 Å². The average Bonchev–Trinajstić information content (AvgIpc) is 2.28. The number of nitrogens with one attached hydrogen (secondary N) is 2. The highest BCUT2D eigenvalue weighted by Crippen LogP contribution is 2.12. The summed E-state index contributed by atoms with van der Waals surface area (Å²) < 4.78 is 0. The fourth-order valence-corrected chi connectivity index (χ4v) is 2.06. The highest BCUT2D eigenvalue weighted by molar-refractivity contribution is 5.81. The predicted molar refractivity (Wildman–Crippen MR) is 61.8 cm³/mol. The van der Waals surface area contributed by atoms with Crippen LogP contribution in [0.2, 0.25) is 0 Å². The normalized spacial score (nSPS) is 21.3. The van der Waals surface area contributed by atoms with E-state index >= 15 is 0 Å². The number of hydrogen-bond acceptors (Lipinski definition) is 3. The van der Waals surface area contributed by atoms with Gasteiger partial charge in [-0.2, -0.15) is 0 Å². The fraction of sp³-hybridized carbons (Fsp3) is 0.909. The summed E-state index contributed by atoms with van der Waals surface area (Å²) in [7, 11) is 2.01. The smallest absolute Gasteiger partial charge is 0.237 e. The van der Waals surface area contributed by atoms with Crippen LogP contribution in [0.25, 0.3) is 0 Å². The van der Waals surface area contributed by atoms with E-state index in [1.165, 1.54) is 0 Å². The maximum absolute atomic E-state index is 11.6. The number of carbonyl (C=O) groups is 1. The van der Waals surface area contributed by atoms with Crippen molar-refractivity contribution in [1.82, 2.24) is 15.5 Å². The van der Waals surface area contributed by atoms with Crippen LogP contribution in [0, 0.1) is 0 Å². The van der Waals surface area contributed by atoms with Gasteiger partial charge in [0, 0.05) is 25.7 Å². The van der Waals surface area contributed by atoms with E-state index in [0.717, 1.165) is 32.5 Å². The molecule has 0 bridgehead atoms. The number of likely N-dealkylation sites (N-methyl/N-ethyl adjacent to an activating group) is 1. The van der Waals surface area contributed by atoms with Gasteiger partial charge in [0.05, 0.1) is 6.04 Å². The Balaban J connectivity index is 2.35. The first-order valence-corrected chi connectivity index (χ1v) is 5.88. The third-order valence-electron chi connectivity index (χ3n) is 3.22. The van der Waals surface area contributed by atoms with Gasteiger partial charge in [-0.05, 0) is 33.7 Å². The maximum Gasteiger partial charge on any atom is 0.237 e. The van der Waals surface area contributed by atoms with Crippen molar-refractivity contribution in [3.05, 3.63) is 0 Å². The van der Waals surface area contributed by atoms with Crippen molar-refractivity contribution in [1.29, 1.82) is 0 Å². The molecule has 0 spiro atoms. The van der Waals surface area contributed by atoms with Crippen LogP contribution in [0.1, 0.15) is 26.7 Å². The van der Waals surface area contributed by atoms with Crippen LogP contribution in [0.3, 0.4) is 0 Å². The highest BCUT2D eigenvalue weighted by atomic mass is 16.2. The van der Waals surface area contributed by atoms with E-state index in [4.69, 9.17) is 0 Å². The SMILES string of the molecule is CCNC(=O)C(C)N1CCC(NC)CC1. The molecule has 1 fully saturated rings. The molecule has 4 heteroatoms. The Hall–Kier alpha value is -0.610. The lowest BCUT2D eigenvalue weighted by Gasteiger charge is -2.35. The molecule has 0 aromatic carbocycles. The largest absolute Gasteiger partial charge is 0.355 e. The van der Waals surface area contributed by atoms with E-state index in [2.05, 4.69) is 15.5 Å². The van der Waals surface area contributed by atoms with Crippen LogP contribution in [-0.2, 0) is 4.79 Å².